The topological polar surface area (TPSA) is 87.2 Å². The van der Waals surface area contributed by atoms with Crippen molar-refractivity contribution in [2.45, 2.75) is 39.2 Å². The lowest BCUT2D eigenvalue weighted by Gasteiger charge is -2.13. The first-order chi connectivity index (χ1) is 11.7. The third kappa shape index (κ3) is 2.36. The van der Waals surface area contributed by atoms with Crippen LogP contribution in [0.3, 0.4) is 0 Å². The fraction of sp³-hybridized carbons (Fsp3) is 0.412. The van der Waals surface area contributed by atoms with Crippen molar-refractivity contribution in [3.05, 3.63) is 34.0 Å². The van der Waals surface area contributed by atoms with Crippen molar-refractivity contribution in [2.75, 3.05) is 6.61 Å². The third-order valence-electron chi connectivity index (χ3n) is 4.32. The highest BCUT2D eigenvalue weighted by molar-refractivity contribution is 6.00. The molecule has 0 spiro atoms. The molecule has 1 aliphatic rings. The highest BCUT2D eigenvalue weighted by Gasteiger charge is 2.19. The summed E-state index contributed by atoms with van der Waals surface area (Å²) in [7, 11) is 0. The van der Waals surface area contributed by atoms with Crippen molar-refractivity contribution >= 4 is 28.2 Å². The van der Waals surface area contributed by atoms with Crippen LogP contribution in [0.1, 0.15) is 31.0 Å². The molecule has 0 aliphatic heterocycles. The Labute approximate surface area is 137 Å². The lowest BCUT2D eigenvalue weighted by Crippen LogP contribution is -2.25. The zero-order valence-electron chi connectivity index (χ0n) is 13.4. The van der Waals surface area contributed by atoms with E-state index in [2.05, 4.69) is 9.97 Å². The van der Waals surface area contributed by atoms with Gasteiger partial charge in [-0.3, -0.25) is 14.2 Å². The van der Waals surface area contributed by atoms with Crippen molar-refractivity contribution in [3.8, 4) is 0 Å². The van der Waals surface area contributed by atoms with Crippen molar-refractivity contribution in [3.63, 3.8) is 0 Å². The molecule has 3 heterocycles. The fourth-order valence-corrected chi connectivity index (χ4v) is 3.17. The Hall–Kier alpha value is -2.70. The molecule has 7 nitrogen and oxygen atoms in total. The number of esters is 1. The van der Waals surface area contributed by atoms with E-state index in [0.29, 0.717) is 11.2 Å². The van der Waals surface area contributed by atoms with Crippen LogP contribution in [0.25, 0.3) is 22.2 Å². The fourth-order valence-electron chi connectivity index (χ4n) is 3.17. The van der Waals surface area contributed by atoms with Crippen LogP contribution in [0, 0.1) is 0 Å². The number of furan rings is 1. The molecule has 7 heteroatoms. The number of carbonyl (C=O) groups is 1. The number of pyridine rings is 1. The van der Waals surface area contributed by atoms with Crippen LogP contribution in [0.4, 0.5) is 0 Å². The van der Waals surface area contributed by atoms with E-state index in [-0.39, 0.29) is 18.7 Å². The number of fused-ring (bicyclic) bond motifs is 4. The molecule has 3 aromatic rings. The molecule has 0 amide bonds. The highest BCUT2D eigenvalue weighted by Crippen LogP contribution is 2.28. The SMILES string of the molecule is CCOC(=O)Cn1cnc2c(oc3nc4c(cc32)CCCC4)c1=O. The van der Waals surface area contributed by atoms with E-state index >= 15 is 0 Å². The normalized spacial score (nSPS) is 14.0. The molecule has 124 valence electrons. The molecule has 3 aromatic heterocycles. The molecule has 0 radical (unpaired) electrons. The minimum atomic E-state index is -0.481. The van der Waals surface area contributed by atoms with Gasteiger partial charge in [0.2, 0.25) is 11.3 Å². The first kappa shape index (κ1) is 14.9. The Bertz CT molecular complexity index is 1000. The molecule has 0 N–H and O–H groups in total. The second-order valence-corrected chi connectivity index (χ2v) is 5.92. The van der Waals surface area contributed by atoms with Gasteiger partial charge in [-0.2, -0.15) is 0 Å². The maximum absolute atomic E-state index is 12.6. The third-order valence-corrected chi connectivity index (χ3v) is 4.32. The minimum absolute atomic E-state index is 0.131. The van der Waals surface area contributed by atoms with Gasteiger partial charge < -0.3 is 9.15 Å². The van der Waals surface area contributed by atoms with Gasteiger partial charge in [0, 0.05) is 5.69 Å². The minimum Gasteiger partial charge on any atom is -0.465 e. The number of nitrogens with zero attached hydrogens (tertiary/aromatic N) is 3. The standard InChI is InChI=1S/C17H17N3O4/c1-2-23-13(21)8-20-9-18-14-11-7-10-5-3-4-6-12(10)19-16(11)24-15(14)17(20)22/h7,9H,2-6,8H2,1H3. The van der Waals surface area contributed by atoms with E-state index < -0.39 is 11.5 Å². The first-order valence-corrected chi connectivity index (χ1v) is 8.13. The predicted molar refractivity (Wildman–Crippen MR) is 86.8 cm³/mol. The Balaban J connectivity index is 1.85. The van der Waals surface area contributed by atoms with Gasteiger partial charge in [-0.1, -0.05) is 0 Å². The molecular weight excluding hydrogens is 310 g/mol. The summed E-state index contributed by atoms with van der Waals surface area (Å²) in [6.45, 7) is 1.80. The van der Waals surface area contributed by atoms with E-state index in [1.807, 2.05) is 6.07 Å². The van der Waals surface area contributed by atoms with Gasteiger partial charge in [-0.05, 0) is 44.2 Å². The van der Waals surface area contributed by atoms with E-state index in [4.69, 9.17) is 9.15 Å². The predicted octanol–water partition coefficient (Wildman–Crippen LogP) is 1.98. The molecule has 1 aliphatic carbocycles. The van der Waals surface area contributed by atoms with Gasteiger partial charge >= 0.3 is 5.97 Å². The quantitative estimate of drug-likeness (QED) is 0.684. The van der Waals surface area contributed by atoms with Crippen LogP contribution in [0.2, 0.25) is 0 Å². The smallest absolute Gasteiger partial charge is 0.326 e. The molecule has 0 bridgehead atoms. The summed E-state index contributed by atoms with van der Waals surface area (Å²) in [5.41, 5.74) is 2.91. The largest absolute Gasteiger partial charge is 0.465 e. The zero-order valence-corrected chi connectivity index (χ0v) is 13.4. The van der Waals surface area contributed by atoms with E-state index in [9.17, 15) is 9.59 Å². The van der Waals surface area contributed by atoms with Crippen LogP contribution < -0.4 is 5.56 Å². The summed E-state index contributed by atoms with van der Waals surface area (Å²) in [6, 6.07) is 2.03. The molecule has 0 aromatic carbocycles. The van der Waals surface area contributed by atoms with Gasteiger partial charge in [-0.15, -0.1) is 0 Å². The van der Waals surface area contributed by atoms with Crippen LogP contribution in [-0.4, -0.2) is 27.1 Å². The zero-order chi connectivity index (χ0) is 16.7. The van der Waals surface area contributed by atoms with Gasteiger partial charge in [-0.25, -0.2) is 9.97 Å². The summed E-state index contributed by atoms with van der Waals surface area (Å²) in [5.74, 6) is -0.481. The molecule has 0 saturated heterocycles. The monoisotopic (exact) mass is 327 g/mol. The first-order valence-electron chi connectivity index (χ1n) is 8.13. The number of carbonyl (C=O) groups excluding carboxylic acids is 1. The summed E-state index contributed by atoms with van der Waals surface area (Å²) in [5, 5.41) is 0.756. The van der Waals surface area contributed by atoms with E-state index in [1.54, 1.807) is 6.92 Å². The second kappa shape index (κ2) is 5.74. The van der Waals surface area contributed by atoms with Crippen LogP contribution in [0.5, 0.6) is 0 Å². The summed E-state index contributed by atoms with van der Waals surface area (Å²) in [6.07, 6.45) is 5.55. The Morgan fingerprint density at radius 1 is 1.38 bits per heavy atom. The van der Waals surface area contributed by atoms with Gasteiger partial charge in [0.1, 0.15) is 12.1 Å². The van der Waals surface area contributed by atoms with Gasteiger partial charge in [0.15, 0.2) is 0 Å². The van der Waals surface area contributed by atoms with Gasteiger partial charge in [0.25, 0.3) is 5.56 Å². The summed E-state index contributed by atoms with van der Waals surface area (Å²) < 4.78 is 11.7. The number of hydrogen-bond donors (Lipinski definition) is 0. The molecule has 0 unspecified atom stereocenters. The Kier molecular flexibility index (Phi) is 3.55. The van der Waals surface area contributed by atoms with Crippen LogP contribution in [-0.2, 0) is 28.9 Å². The number of hydrogen-bond acceptors (Lipinski definition) is 6. The second-order valence-electron chi connectivity index (χ2n) is 5.92. The molecule has 4 rings (SSSR count). The Morgan fingerprint density at radius 3 is 3.04 bits per heavy atom. The summed E-state index contributed by atoms with van der Waals surface area (Å²) in [4.78, 5) is 33.0. The molecular formula is C17H17N3O4. The lowest BCUT2D eigenvalue weighted by atomic mass is 9.95. The maximum atomic E-state index is 12.6. The lowest BCUT2D eigenvalue weighted by molar-refractivity contribution is -0.143. The maximum Gasteiger partial charge on any atom is 0.326 e. The number of ether oxygens (including phenoxy) is 1. The Morgan fingerprint density at radius 2 is 2.21 bits per heavy atom. The number of rotatable bonds is 3. The van der Waals surface area contributed by atoms with Gasteiger partial charge in [0.05, 0.1) is 18.3 Å². The van der Waals surface area contributed by atoms with Crippen LogP contribution in [0.15, 0.2) is 21.6 Å². The van der Waals surface area contributed by atoms with Crippen molar-refractivity contribution in [1.82, 2.24) is 14.5 Å². The van der Waals surface area contributed by atoms with Crippen molar-refractivity contribution < 1.29 is 13.9 Å². The van der Waals surface area contributed by atoms with Crippen molar-refractivity contribution in [1.29, 1.82) is 0 Å². The molecule has 0 saturated carbocycles. The average molecular weight is 327 g/mol. The molecule has 24 heavy (non-hydrogen) atoms. The van der Waals surface area contributed by atoms with E-state index in [1.165, 1.54) is 16.5 Å². The average Bonchev–Trinajstić information content (AvgIpc) is 2.94. The van der Waals surface area contributed by atoms with Crippen LogP contribution >= 0.6 is 0 Å². The molecule has 0 atom stereocenters. The number of aryl methyl sites for hydroxylation is 2. The number of aromatic nitrogens is 3. The highest BCUT2D eigenvalue weighted by atomic mass is 16.5. The summed E-state index contributed by atoms with van der Waals surface area (Å²) >= 11 is 0. The van der Waals surface area contributed by atoms with Crippen molar-refractivity contribution in [2.24, 2.45) is 0 Å². The van der Waals surface area contributed by atoms with E-state index in [0.717, 1.165) is 36.8 Å². The molecule has 0 fully saturated rings.